The van der Waals surface area contributed by atoms with Gasteiger partial charge in [-0.05, 0) is 50.8 Å². The van der Waals surface area contributed by atoms with E-state index >= 15 is 0 Å². The summed E-state index contributed by atoms with van der Waals surface area (Å²) in [6.45, 7) is 5.52. The summed E-state index contributed by atoms with van der Waals surface area (Å²) in [5.41, 5.74) is 0.542. The molecule has 1 aromatic heterocycles. The van der Waals surface area contributed by atoms with Gasteiger partial charge in [-0.15, -0.1) is 11.6 Å². The van der Waals surface area contributed by atoms with Crippen LogP contribution in [0.15, 0.2) is 12.3 Å². The number of nitrogens with zero attached hydrogens (tertiary/aromatic N) is 3. The van der Waals surface area contributed by atoms with E-state index in [-0.39, 0.29) is 11.7 Å². The van der Waals surface area contributed by atoms with E-state index in [1.165, 1.54) is 32.5 Å². The van der Waals surface area contributed by atoms with Gasteiger partial charge in [-0.25, -0.2) is 9.37 Å². The van der Waals surface area contributed by atoms with Crippen LogP contribution < -0.4 is 4.90 Å². The van der Waals surface area contributed by atoms with Crippen LogP contribution in [0.1, 0.15) is 31.2 Å². The van der Waals surface area contributed by atoms with E-state index in [0.29, 0.717) is 11.4 Å². The summed E-state index contributed by atoms with van der Waals surface area (Å²) in [5.74, 6) is 1.18. The van der Waals surface area contributed by atoms with Gasteiger partial charge in [0, 0.05) is 31.4 Å². The summed E-state index contributed by atoms with van der Waals surface area (Å²) in [4.78, 5) is 8.87. The Morgan fingerprint density at radius 2 is 1.90 bits per heavy atom. The smallest absolute Gasteiger partial charge is 0.170 e. The zero-order valence-corrected chi connectivity index (χ0v) is 13.2. The van der Waals surface area contributed by atoms with E-state index in [1.807, 2.05) is 0 Å². The molecular formula is C16H23ClFN3. The van der Waals surface area contributed by atoms with Crippen LogP contribution in [0, 0.1) is 11.7 Å². The van der Waals surface area contributed by atoms with E-state index in [2.05, 4.69) is 14.8 Å². The Hall–Kier alpha value is -0.870. The molecule has 0 spiro atoms. The predicted molar refractivity (Wildman–Crippen MR) is 84.4 cm³/mol. The van der Waals surface area contributed by atoms with Gasteiger partial charge in [-0.3, -0.25) is 0 Å². The minimum Gasteiger partial charge on any atom is -0.354 e. The minimum atomic E-state index is -0.245. The fourth-order valence-electron chi connectivity index (χ4n) is 3.45. The molecule has 0 unspecified atom stereocenters. The topological polar surface area (TPSA) is 19.4 Å². The van der Waals surface area contributed by atoms with Crippen LogP contribution in [0.25, 0.3) is 0 Å². The zero-order chi connectivity index (χ0) is 14.7. The SMILES string of the molecule is Fc1c(CCl)ccnc1N1CCC(CN2CCCC2)CC1. The van der Waals surface area contributed by atoms with E-state index in [0.717, 1.165) is 31.8 Å². The first kappa shape index (κ1) is 15.0. The van der Waals surface area contributed by atoms with Crippen molar-refractivity contribution in [1.82, 2.24) is 9.88 Å². The number of aromatic nitrogens is 1. The van der Waals surface area contributed by atoms with Gasteiger partial charge in [0.2, 0.25) is 0 Å². The Labute approximate surface area is 131 Å². The van der Waals surface area contributed by atoms with Crippen molar-refractivity contribution in [3.05, 3.63) is 23.6 Å². The number of halogens is 2. The molecule has 0 bridgehead atoms. The number of anilines is 1. The zero-order valence-electron chi connectivity index (χ0n) is 12.4. The number of hydrogen-bond acceptors (Lipinski definition) is 3. The minimum absolute atomic E-state index is 0.201. The molecule has 5 heteroatoms. The largest absolute Gasteiger partial charge is 0.354 e. The number of rotatable bonds is 4. The van der Waals surface area contributed by atoms with Crippen LogP contribution in [0.3, 0.4) is 0 Å². The highest BCUT2D eigenvalue weighted by molar-refractivity contribution is 6.17. The maximum atomic E-state index is 14.3. The Kier molecular flexibility index (Phi) is 4.96. The van der Waals surface area contributed by atoms with Crippen molar-refractivity contribution in [2.45, 2.75) is 31.6 Å². The van der Waals surface area contributed by atoms with Gasteiger partial charge >= 0.3 is 0 Å². The average molecular weight is 312 g/mol. The molecule has 3 heterocycles. The van der Waals surface area contributed by atoms with Crippen LogP contribution in [-0.4, -0.2) is 42.6 Å². The van der Waals surface area contributed by atoms with Crippen molar-refractivity contribution >= 4 is 17.4 Å². The maximum absolute atomic E-state index is 14.3. The molecule has 116 valence electrons. The number of hydrogen-bond donors (Lipinski definition) is 0. The molecule has 3 rings (SSSR count). The van der Waals surface area contributed by atoms with Gasteiger partial charge < -0.3 is 9.80 Å². The summed E-state index contributed by atoms with van der Waals surface area (Å²) in [7, 11) is 0. The predicted octanol–water partition coefficient (Wildman–Crippen LogP) is 3.27. The fraction of sp³-hybridized carbons (Fsp3) is 0.688. The molecule has 0 amide bonds. The molecule has 0 aromatic carbocycles. The highest BCUT2D eigenvalue weighted by Gasteiger charge is 2.25. The lowest BCUT2D eigenvalue weighted by molar-refractivity contribution is 0.249. The molecule has 0 radical (unpaired) electrons. The summed E-state index contributed by atoms with van der Waals surface area (Å²) in [6.07, 6.45) is 6.61. The lowest BCUT2D eigenvalue weighted by atomic mass is 9.96. The van der Waals surface area contributed by atoms with Crippen molar-refractivity contribution in [1.29, 1.82) is 0 Å². The first-order valence-electron chi connectivity index (χ1n) is 7.94. The van der Waals surface area contributed by atoms with Crippen molar-refractivity contribution in [2.75, 3.05) is 37.6 Å². The molecule has 0 aliphatic carbocycles. The molecule has 3 nitrogen and oxygen atoms in total. The third-order valence-corrected chi connectivity index (χ3v) is 5.01. The second kappa shape index (κ2) is 6.93. The second-order valence-corrected chi connectivity index (χ2v) is 6.45. The highest BCUT2D eigenvalue weighted by atomic mass is 35.5. The second-order valence-electron chi connectivity index (χ2n) is 6.18. The highest BCUT2D eigenvalue weighted by Crippen LogP contribution is 2.27. The molecule has 2 fully saturated rings. The summed E-state index contributed by atoms with van der Waals surface area (Å²) < 4.78 is 14.3. The van der Waals surface area contributed by atoms with E-state index in [9.17, 15) is 4.39 Å². The average Bonchev–Trinajstić information content (AvgIpc) is 3.01. The molecule has 2 saturated heterocycles. The van der Waals surface area contributed by atoms with Gasteiger partial charge in [0.15, 0.2) is 11.6 Å². The third-order valence-electron chi connectivity index (χ3n) is 4.72. The Morgan fingerprint density at radius 3 is 2.57 bits per heavy atom. The maximum Gasteiger partial charge on any atom is 0.170 e. The van der Waals surface area contributed by atoms with Gasteiger partial charge in [0.05, 0.1) is 5.88 Å². The first-order chi connectivity index (χ1) is 10.3. The van der Waals surface area contributed by atoms with Gasteiger partial charge in [-0.1, -0.05) is 0 Å². The van der Waals surface area contributed by atoms with E-state index in [4.69, 9.17) is 11.6 Å². The normalized spacial score (nSPS) is 21.1. The van der Waals surface area contributed by atoms with Gasteiger partial charge in [0.1, 0.15) is 0 Å². The Bertz CT molecular complexity index is 469. The molecule has 21 heavy (non-hydrogen) atoms. The number of likely N-dealkylation sites (tertiary alicyclic amines) is 1. The van der Waals surface area contributed by atoms with Crippen molar-refractivity contribution in [3.63, 3.8) is 0 Å². The van der Waals surface area contributed by atoms with Gasteiger partial charge in [-0.2, -0.15) is 0 Å². The van der Waals surface area contributed by atoms with Crippen LogP contribution in [0.5, 0.6) is 0 Å². The van der Waals surface area contributed by atoms with Crippen molar-refractivity contribution in [3.8, 4) is 0 Å². The van der Waals surface area contributed by atoms with E-state index < -0.39 is 0 Å². The van der Waals surface area contributed by atoms with E-state index in [1.54, 1.807) is 12.3 Å². The Balaban J connectivity index is 1.58. The lowest BCUT2D eigenvalue weighted by Gasteiger charge is -2.34. The summed E-state index contributed by atoms with van der Waals surface area (Å²) >= 11 is 5.77. The quantitative estimate of drug-likeness (QED) is 0.796. The van der Waals surface area contributed by atoms with Crippen LogP contribution >= 0.6 is 11.6 Å². The van der Waals surface area contributed by atoms with Crippen LogP contribution in [0.4, 0.5) is 10.2 Å². The molecule has 1 aromatic rings. The molecular weight excluding hydrogens is 289 g/mol. The number of alkyl halides is 1. The molecule has 0 saturated carbocycles. The third kappa shape index (κ3) is 3.49. The van der Waals surface area contributed by atoms with Gasteiger partial charge in [0.25, 0.3) is 0 Å². The van der Waals surface area contributed by atoms with Crippen LogP contribution in [-0.2, 0) is 5.88 Å². The number of piperidine rings is 1. The Morgan fingerprint density at radius 1 is 1.19 bits per heavy atom. The summed E-state index contributed by atoms with van der Waals surface area (Å²) in [5, 5.41) is 0. The lowest BCUT2D eigenvalue weighted by Crippen LogP contribution is -2.39. The fourth-order valence-corrected chi connectivity index (χ4v) is 3.66. The summed E-state index contributed by atoms with van der Waals surface area (Å²) in [6, 6.07) is 1.66. The van der Waals surface area contributed by atoms with Crippen molar-refractivity contribution in [2.24, 2.45) is 5.92 Å². The monoisotopic (exact) mass is 311 g/mol. The number of pyridine rings is 1. The van der Waals surface area contributed by atoms with Crippen molar-refractivity contribution < 1.29 is 4.39 Å². The molecule has 0 N–H and O–H groups in total. The van der Waals surface area contributed by atoms with Crippen LogP contribution in [0.2, 0.25) is 0 Å². The molecule has 0 atom stereocenters. The first-order valence-corrected chi connectivity index (χ1v) is 8.48. The molecule has 2 aliphatic heterocycles. The molecule has 2 aliphatic rings. The standard InChI is InChI=1S/C16H23ClFN3/c17-11-14-3-6-19-16(15(14)18)21-9-4-13(5-10-21)12-20-7-1-2-8-20/h3,6,13H,1-2,4-5,7-12H2.